The van der Waals surface area contributed by atoms with Crippen LogP contribution >= 0.6 is 7.94 Å². The highest BCUT2D eigenvalue weighted by Crippen LogP contribution is 2.55. The summed E-state index contributed by atoms with van der Waals surface area (Å²) in [6.07, 6.45) is -1.76. The Labute approximate surface area is 127 Å². The smallest absolute Gasteiger partial charge is 0.394 e. The van der Waals surface area contributed by atoms with E-state index in [1.54, 1.807) is 0 Å². The molecule has 3 N–H and O–H groups in total. The standard InChI is InChI=1S/C11H20B2O7P/c1-21(16,17-5-9-6(15)2-10(12)19-9)20-7-3-11(13)18-8(7)4-14/h6-11,14-16H,2-5H2,1H3/q+1. The maximum atomic E-state index is 10.2. The number of hydrogen-bond acceptors (Lipinski definition) is 7. The van der Waals surface area contributed by atoms with E-state index in [0.717, 1.165) is 0 Å². The minimum atomic E-state index is -3.15. The van der Waals surface area contributed by atoms with Crippen molar-refractivity contribution in [3.63, 3.8) is 0 Å². The molecule has 2 fully saturated rings. The molecule has 0 aliphatic carbocycles. The van der Waals surface area contributed by atoms with E-state index in [-0.39, 0.29) is 13.2 Å². The zero-order chi connectivity index (χ0) is 15.6. The molecule has 0 bridgehead atoms. The first-order chi connectivity index (χ1) is 9.80. The van der Waals surface area contributed by atoms with E-state index in [1.807, 2.05) is 0 Å². The predicted molar refractivity (Wildman–Crippen MR) is 77.0 cm³/mol. The van der Waals surface area contributed by atoms with Gasteiger partial charge in [0.15, 0.2) is 0 Å². The summed E-state index contributed by atoms with van der Waals surface area (Å²) in [7, 11) is 8.04. The van der Waals surface area contributed by atoms with Gasteiger partial charge in [0.05, 0.1) is 12.7 Å². The summed E-state index contributed by atoms with van der Waals surface area (Å²) < 4.78 is 21.4. The number of hydrogen-bond donors (Lipinski definition) is 3. The van der Waals surface area contributed by atoms with E-state index in [9.17, 15) is 15.1 Å². The van der Waals surface area contributed by atoms with Gasteiger partial charge < -0.3 is 19.7 Å². The molecule has 21 heavy (non-hydrogen) atoms. The molecule has 0 spiro atoms. The summed E-state index contributed by atoms with van der Waals surface area (Å²) in [4.78, 5) is 10.2. The van der Waals surface area contributed by atoms with Crippen LogP contribution in [-0.2, 0) is 18.5 Å². The maximum absolute atomic E-state index is 10.2. The Balaban J connectivity index is 1.81. The van der Waals surface area contributed by atoms with Crippen LogP contribution in [0.1, 0.15) is 12.8 Å². The molecule has 7 unspecified atom stereocenters. The monoisotopic (exact) mass is 317 g/mol. The van der Waals surface area contributed by atoms with Gasteiger partial charge in [0.25, 0.3) is 0 Å². The molecule has 2 aliphatic rings. The van der Waals surface area contributed by atoms with Gasteiger partial charge in [0.2, 0.25) is 0 Å². The Morgan fingerprint density at radius 1 is 1.19 bits per heavy atom. The van der Waals surface area contributed by atoms with Gasteiger partial charge in [-0.1, -0.05) is 0 Å². The first kappa shape index (κ1) is 17.6. The van der Waals surface area contributed by atoms with E-state index in [2.05, 4.69) is 0 Å². The van der Waals surface area contributed by atoms with Crippen LogP contribution in [0, 0.1) is 0 Å². The number of aliphatic hydroxyl groups excluding tert-OH is 2. The van der Waals surface area contributed by atoms with Gasteiger partial charge in [-0.15, -0.1) is 0 Å². The SMILES string of the molecule is [B]C1CC(O)C(CO[P+](C)(O)OC2CC([B])OC2CO)O1. The molecule has 0 aromatic carbocycles. The Bertz CT molecular complexity index is 349. The lowest BCUT2D eigenvalue weighted by Gasteiger charge is -2.21. The van der Waals surface area contributed by atoms with Crippen LogP contribution in [-0.4, -0.2) is 87.1 Å². The van der Waals surface area contributed by atoms with Crippen LogP contribution in [0.3, 0.4) is 0 Å². The van der Waals surface area contributed by atoms with Gasteiger partial charge >= 0.3 is 7.94 Å². The molecule has 10 heteroatoms. The molecule has 0 aromatic rings. The van der Waals surface area contributed by atoms with Gasteiger partial charge in [0, 0.05) is 12.0 Å². The van der Waals surface area contributed by atoms with Crippen molar-refractivity contribution in [1.82, 2.24) is 0 Å². The van der Waals surface area contributed by atoms with Crippen molar-refractivity contribution in [2.24, 2.45) is 0 Å². The molecule has 116 valence electrons. The largest absolute Gasteiger partial charge is 0.406 e. The Hall–Kier alpha value is 0.280. The summed E-state index contributed by atoms with van der Waals surface area (Å²) in [5.74, 6) is 0. The van der Waals surface area contributed by atoms with E-state index in [0.29, 0.717) is 12.8 Å². The molecule has 7 atom stereocenters. The number of ether oxygens (including phenoxy) is 2. The topological polar surface area (TPSA) is 97.6 Å². The normalized spacial score (nSPS) is 43.0. The highest BCUT2D eigenvalue weighted by Gasteiger charge is 2.46. The number of aliphatic hydroxyl groups is 2. The molecule has 0 saturated carbocycles. The lowest BCUT2D eigenvalue weighted by molar-refractivity contribution is -0.0204. The summed E-state index contributed by atoms with van der Waals surface area (Å²) in [5.41, 5.74) is 0. The molecule has 7 nitrogen and oxygen atoms in total. The fourth-order valence-electron chi connectivity index (χ4n) is 2.42. The maximum Gasteiger partial charge on any atom is 0.406 e. The fraction of sp³-hybridized carbons (Fsp3) is 1.00. The average molecular weight is 317 g/mol. The highest BCUT2D eigenvalue weighted by atomic mass is 31.2. The van der Waals surface area contributed by atoms with Crippen LogP contribution < -0.4 is 0 Å². The van der Waals surface area contributed by atoms with Crippen molar-refractivity contribution in [1.29, 1.82) is 0 Å². The van der Waals surface area contributed by atoms with Crippen molar-refractivity contribution < 1.29 is 33.6 Å². The van der Waals surface area contributed by atoms with Crippen molar-refractivity contribution in [3.8, 4) is 0 Å². The highest BCUT2D eigenvalue weighted by molar-refractivity contribution is 7.59. The van der Waals surface area contributed by atoms with Gasteiger partial charge in [-0.2, -0.15) is 13.9 Å². The third-order valence-corrected chi connectivity index (χ3v) is 4.76. The van der Waals surface area contributed by atoms with Gasteiger partial charge in [-0.05, 0) is 12.8 Å². The number of rotatable bonds is 6. The van der Waals surface area contributed by atoms with Crippen molar-refractivity contribution in [2.45, 2.75) is 49.3 Å². The minimum absolute atomic E-state index is 0.0287. The zero-order valence-corrected chi connectivity index (χ0v) is 12.8. The zero-order valence-electron chi connectivity index (χ0n) is 11.9. The van der Waals surface area contributed by atoms with Crippen LogP contribution in [0.25, 0.3) is 0 Å². The van der Waals surface area contributed by atoms with E-state index in [4.69, 9.17) is 34.2 Å². The molecule has 0 amide bonds. The fourth-order valence-corrected chi connectivity index (χ4v) is 3.63. The molecular weight excluding hydrogens is 297 g/mol. The van der Waals surface area contributed by atoms with Crippen LogP contribution in [0.5, 0.6) is 0 Å². The Morgan fingerprint density at radius 3 is 2.38 bits per heavy atom. The van der Waals surface area contributed by atoms with E-state index in [1.165, 1.54) is 6.66 Å². The lowest BCUT2D eigenvalue weighted by atomic mass is 9.96. The van der Waals surface area contributed by atoms with Gasteiger partial charge in [0.1, 0.15) is 47.3 Å². The molecule has 2 aliphatic heterocycles. The Morgan fingerprint density at radius 2 is 1.81 bits per heavy atom. The van der Waals surface area contributed by atoms with Gasteiger partial charge in [-0.3, -0.25) is 0 Å². The third kappa shape index (κ3) is 4.88. The summed E-state index contributed by atoms with van der Waals surface area (Å²) >= 11 is 0. The second kappa shape index (κ2) is 7.23. The Kier molecular flexibility index (Phi) is 6.07. The van der Waals surface area contributed by atoms with Crippen molar-refractivity contribution >= 4 is 23.6 Å². The molecule has 2 rings (SSSR count). The van der Waals surface area contributed by atoms with Crippen LogP contribution in [0.15, 0.2) is 0 Å². The molecule has 2 heterocycles. The molecule has 4 radical (unpaired) electrons. The lowest BCUT2D eigenvalue weighted by Crippen LogP contribution is -2.30. The van der Waals surface area contributed by atoms with E-state index >= 15 is 0 Å². The van der Waals surface area contributed by atoms with Gasteiger partial charge in [-0.25, -0.2) is 0 Å². The molecule has 0 aromatic heterocycles. The quantitative estimate of drug-likeness (QED) is 0.413. The summed E-state index contributed by atoms with van der Waals surface area (Å²) in [5, 5.41) is 18.9. The predicted octanol–water partition coefficient (Wildman–Crippen LogP) is -1.31. The van der Waals surface area contributed by atoms with Crippen LogP contribution in [0.2, 0.25) is 0 Å². The van der Waals surface area contributed by atoms with E-state index < -0.39 is 44.4 Å². The summed E-state index contributed by atoms with van der Waals surface area (Å²) in [6, 6.07) is -1.07. The first-order valence-corrected chi connectivity index (χ1v) is 8.86. The second-order valence-corrected chi connectivity index (χ2v) is 7.46. The van der Waals surface area contributed by atoms with Crippen molar-refractivity contribution in [2.75, 3.05) is 19.9 Å². The third-order valence-electron chi connectivity index (χ3n) is 3.47. The molecular formula is C11H20B2O7P+. The van der Waals surface area contributed by atoms with Crippen molar-refractivity contribution in [3.05, 3.63) is 0 Å². The van der Waals surface area contributed by atoms with Crippen LogP contribution in [0.4, 0.5) is 0 Å². The average Bonchev–Trinajstić information content (AvgIpc) is 2.88. The minimum Gasteiger partial charge on any atom is -0.394 e. The molecule has 2 saturated heterocycles. The second-order valence-electron chi connectivity index (χ2n) is 5.39. The summed E-state index contributed by atoms with van der Waals surface area (Å²) in [6.45, 7) is 1.14. The first-order valence-electron chi connectivity index (χ1n) is 6.84.